The first-order chi connectivity index (χ1) is 20.7. The van der Waals surface area contributed by atoms with E-state index in [2.05, 4.69) is 35.1 Å². The number of aromatic nitrogens is 4. The summed E-state index contributed by atoms with van der Waals surface area (Å²) in [4.78, 5) is 26.3. The first-order valence-electron chi connectivity index (χ1n) is 15.1. The van der Waals surface area contributed by atoms with Crippen LogP contribution in [-0.2, 0) is 27.9 Å². The summed E-state index contributed by atoms with van der Waals surface area (Å²) in [6.45, 7) is 14.3. The number of nitrogens with zero attached hydrogens (tertiary/aromatic N) is 7. The number of ether oxygens (including phenoxy) is 2. The van der Waals surface area contributed by atoms with Crippen LogP contribution in [0.25, 0.3) is 11.3 Å². The monoisotopic (exact) mass is 602 g/mol. The number of amides is 1. The van der Waals surface area contributed by atoms with Gasteiger partial charge in [0.25, 0.3) is 0 Å². The highest BCUT2D eigenvalue weighted by Crippen LogP contribution is 2.45. The van der Waals surface area contributed by atoms with Gasteiger partial charge in [0.1, 0.15) is 11.7 Å². The number of nitrogens with one attached hydrogen (secondary N) is 1. The van der Waals surface area contributed by atoms with Crippen molar-refractivity contribution in [3.8, 4) is 17.3 Å². The number of carbonyl (C=O) groups excluding carboxylic acids is 1. The molecule has 44 heavy (non-hydrogen) atoms. The van der Waals surface area contributed by atoms with E-state index in [1.165, 1.54) is 0 Å². The quantitative estimate of drug-likeness (QED) is 0.292. The highest BCUT2D eigenvalue weighted by Gasteiger charge is 2.44. The summed E-state index contributed by atoms with van der Waals surface area (Å²) in [7, 11) is 5.73. The minimum Gasteiger partial charge on any atom is -0.443 e. The number of hydrogen-bond acceptors (Lipinski definition) is 9. The Morgan fingerprint density at radius 3 is 2.66 bits per heavy atom. The Hall–Kier alpha value is -4.01. The second-order valence-electron chi connectivity index (χ2n) is 13.5. The van der Waals surface area contributed by atoms with E-state index in [-0.39, 0.29) is 0 Å². The first-order valence-corrected chi connectivity index (χ1v) is 15.1. The highest BCUT2D eigenvalue weighted by atomic mass is 16.6. The van der Waals surface area contributed by atoms with E-state index in [1.54, 1.807) is 24.3 Å². The molecule has 1 unspecified atom stereocenters. The van der Waals surface area contributed by atoms with Gasteiger partial charge in [0.15, 0.2) is 0 Å². The van der Waals surface area contributed by atoms with Crippen molar-refractivity contribution in [2.75, 3.05) is 51.1 Å². The number of carbonyl (C=O) groups is 1. The number of anilines is 3. The van der Waals surface area contributed by atoms with E-state index >= 15 is 0 Å². The maximum atomic E-state index is 13.3. The van der Waals surface area contributed by atoms with Crippen LogP contribution in [0.15, 0.2) is 30.6 Å². The number of methoxy groups -OCH3 is 1. The van der Waals surface area contributed by atoms with Crippen molar-refractivity contribution >= 4 is 23.4 Å². The van der Waals surface area contributed by atoms with Gasteiger partial charge in [-0.2, -0.15) is 10.4 Å². The van der Waals surface area contributed by atoms with E-state index < -0.39 is 17.1 Å². The molecule has 0 saturated heterocycles. The van der Waals surface area contributed by atoms with Gasteiger partial charge in [-0.05, 0) is 77.4 Å². The lowest BCUT2D eigenvalue weighted by Gasteiger charge is -2.27. The summed E-state index contributed by atoms with van der Waals surface area (Å²) >= 11 is 0. The number of nitriles is 1. The minimum absolute atomic E-state index is 0.330. The van der Waals surface area contributed by atoms with Crippen LogP contribution >= 0.6 is 0 Å². The van der Waals surface area contributed by atoms with Crippen LogP contribution in [0.1, 0.15) is 64.8 Å². The van der Waals surface area contributed by atoms with Crippen molar-refractivity contribution in [2.45, 2.75) is 71.9 Å². The molecule has 1 atom stereocenters. The van der Waals surface area contributed by atoms with Crippen molar-refractivity contribution in [1.82, 2.24) is 24.6 Å². The molecule has 0 radical (unpaired) electrons. The molecular formula is C33H46N8O3. The topological polar surface area (TPSA) is 121 Å². The fourth-order valence-electron chi connectivity index (χ4n) is 5.34. The van der Waals surface area contributed by atoms with Gasteiger partial charge in [-0.25, -0.2) is 14.8 Å². The van der Waals surface area contributed by atoms with E-state index in [0.29, 0.717) is 42.0 Å². The Labute approximate surface area is 261 Å². The molecule has 0 aliphatic carbocycles. The fourth-order valence-corrected chi connectivity index (χ4v) is 5.34. The van der Waals surface area contributed by atoms with Crippen molar-refractivity contribution in [3.63, 3.8) is 0 Å². The number of fused-ring (bicyclic) bond motifs is 1. The maximum absolute atomic E-state index is 13.3. The van der Waals surface area contributed by atoms with Gasteiger partial charge in [-0.3, -0.25) is 9.58 Å². The smallest absolute Gasteiger partial charge is 0.414 e. The Balaban J connectivity index is 1.71. The molecule has 1 amide bonds. The predicted octanol–water partition coefficient (Wildman–Crippen LogP) is 5.76. The molecule has 11 heteroatoms. The van der Waals surface area contributed by atoms with E-state index in [4.69, 9.17) is 19.6 Å². The summed E-state index contributed by atoms with van der Waals surface area (Å²) in [6, 6.07) is 7.90. The highest BCUT2D eigenvalue weighted by molar-refractivity contribution is 5.95. The average molecular weight is 603 g/mol. The summed E-state index contributed by atoms with van der Waals surface area (Å²) < 4.78 is 13.3. The average Bonchev–Trinajstić information content (AvgIpc) is 3.47. The number of rotatable bonds is 11. The van der Waals surface area contributed by atoms with Crippen LogP contribution < -0.4 is 10.2 Å². The molecule has 3 heterocycles. The number of aryl methyl sites for hydroxylation is 1. The molecule has 11 nitrogen and oxygen atoms in total. The van der Waals surface area contributed by atoms with Crippen LogP contribution in [-0.4, -0.2) is 77.2 Å². The third-order valence-electron chi connectivity index (χ3n) is 7.51. The van der Waals surface area contributed by atoms with Crippen LogP contribution in [0.2, 0.25) is 0 Å². The van der Waals surface area contributed by atoms with E-state index in [0.717, 1.165) is 48.4 Å². The lowest BCUT2D eigenvalue weighted by Crippen LogP contribution is -2.40. The molecular weight excluding hydrogens is 556 g/mol. The van der Waals surface area contributed by atoms with Crippen molar-refractivity contribution in [3.05, 3.63) is 47.4 Å². The molecule has 1 N–H and O–H groups in total. The van der Waals surface area contributed by atoms with Crippen LogP contribution in [0.4, 0.5) is 22.1 Å². The third kappa shape index (κ3) is 7.73. The lowest BCUT2D eigenvalue weighted by atomic mass is 9.83. The Kier molecular flexibility index (Phi) is 9.96. The molecule has 0 saturated carbocycles. The summed E-state index contributed by atoms with van der Waals surface area (Å²) in [5.74, 6) is 0.994. The zero-order chi connectivity index (χ0) is 32.2. The molecule has 2 aromatic heterocycles. The Bertz CT molecular complexity index is 1520. The zero-order valence-electron chi connectivity index (χ0n) is 27.6. The van der Waals surface area contributed by atoms with Gasteiger partial charge in [-0.1, -0.05) is 20.8 Å². The van der Waals surface area contributed by atoms with E-state index in [1.807, 2.05) is 64.8 Å². The normalized spacial score (nSPS) is 16.4. The second-order valence-corrected chi connectivity index (χ2v) is 13.5. The molecule has 1 aliphatic heterocycles. The standard InChI is InChI=1S/C33H46N8O3/c1-22(2)10-11-27-28(19-40(38-27)15-14-39(7)8)37-30-35-13-12-26(36-30)23-16-24(18-34)29-25(17-23)33(6,21-43-9)20-41(29)31(42)44-32(3,4)5/h12-13,16-17,19,22H,10-11,14-15,20-21H2,1-9H3,(H,35,36,37). The zero-order valence-corrected chi connectivity index (χ0v) is 27.6. The van der Waals surface area contributed by atoms with Gasteiger partial charge in [-0.15, -0.1) is 0 Å². The maximum Gasteiger partial charge on any atom is 0.414 e. The van der Waals surface area contributed by atoms with Gasteiger partial charge in [0.2, 0.25) is 5.95 Å². The minimum atomic E-state index is -0.675. The van der Waals surface area contributed by atoms with Crippen LogP contribution in [0.3, 0.4) is 0 Å². The van der Waals surface area contributed by atoms with Crippen molar-refractivity contribution in [1.29, 1.82) is 5.26 Å². The summed E-state index contributed by atoms with van der Waals surface area (Å²) in [6.07, 6.45) is 5.09. The van der Waals surface area contributed by atoms with Gasteiger partial charge >= 0.3 is 6.09 Å². The third-order valence-corrected chi connectivity index (χ3v) is 7.51. The molecule has 0 bridgehead atoms. The largest absolute Gasteiger partial charge is 0.443 e. The molecule has 1 aromatic carbocycles. The SMILES string of the molecule is COCC1(C)CN(C(=O)OC(C)(C)C)c2c(C#N)cc(-c3ccnc(Nc4cn(CCN(C)C)nc4CCC(C)C)n3)cc21. The van der Waals surface area contributed by atoms with Crippen LogP contribution in [0, 0.1) is 17.2 Å². The van der Waals surface area contributed by atoms with E-state index in [9.17, 15) is 10.1 Å². The molecule has 4 rings (SSSR count). The van der Waals surface area contributed by atoms with Crippen molar-refractivity contribution in [2.24, 2.45) is 5.92 Å². The number of benzene rings is 1. The summed E-state index contributed by atoms with van der Waals surface area (Å²) in [5.41, 5.74) is 3.80. The second kappa shape index (κ2) is 13.3. The fraction of sp³-hybridized carbons (Fsp3) is 0.545. The van der Waals surface area contributed by atoms with Gasteiger partial charge < -0.3 is 19.7 Å². The lowest BCUT2D eigenvalue weighted by molar-refractivity contribution is 0.0571. The van der Waals surface area contributed by atoms with Crippen molar-refractivity contribution < 1.29 is 14.3 Å². The molecule has 0 fully saturated rings. The summed E-state index contributed by atoms with van der Waals surface area (Å²) in [5, 5.41) is 18.5. The molecule has 1 aliphatic rings. The van der Waals surface area contributed by atoms with Gasteiger partial charge in [0.05, 0.1) is 41.5 Å². The number of likely N-dealkylation sites (N-methyl/N-ethyl adjacent to an activating group) is 1. The van der Waals surface area contributed by atoms with Gasteiger partial charge in [0, 0.05) is 43.6 Å². The molecule has 0 spiro atoms. The predicted molar refractivity (Wildman–Crippen MR) is 172 cm³/mol. The van der Waals surface area contributed by atoms with Crippen LogP contribution in [0.5, 0.6) is 0 Å². The Morgan fingerprint density at radius 2 is 2.02 bits per heavy atom. The number of hydrogen-bond donors (Lipinski definition) is 1. The molecule has 236 valence electrons. The molecule has 3 aromatic rings. The first kappa shape index (κ1) is 32.9. The Morgan fingerprint density at radius 1 is 1.27 bits per heavy atom.